The van der Waals surface area contributed by atoms with Crippen LogP contribution in [0.3, 0.4) is 0 Å². The lowest BCUT2D eigenvalue weighted by Crippen LogP contribution is -2.03. The molecule has 0 bridgehead atoms. The zero-order valence-corrected chi connectivity index (χ0v) is 15.9. The molecule has 2 nitrogen and oxygen atoms in total. The largest absolute Gasteiger partial charge is 0.318 e. The van der Waals surface area contributed by atoms with Crippen LogP contribution in [0.5, 0.6) is 0 Å². The van der Waals surface area contributed by atoms with Crippen molar-refractivity contribution in [3.8, 4) is 0 Å². The van der Waals surface area contributed by atoms with E-state index in [0.717, 1.165) is 35.4 Å². The van der Waals surface area contributed by atoms with Gasteiger partial charge in [0.05, 0.1) is 0 Å². The molecule has 0 saturated heterocycles. The van der Waals surface area contributed by atoms with Crippen molar-refractivity contribution < 1.29 is 9.36 Å². The van der Waals surface area contributed by atoms with Crippen LogP contribution >= 0.6 is 7.80 Å². The molecule has 2 rings (SSSR count). The Labute approximate surface area is 141 Å². The third-order valence-electron chi connectivity index (χ3n) is 5.15. The predicted molar refractivity (Wildman–Crippen MR) is 99.3 cm³/mol. The maximum Gasteiger partial charge on any atom is 0.219 e. The van der Waals surface area contributed by atoms with Crippen molar-refractivity contribution in [2.24, 2.45) is 5.92 Å². The molecule has 0 N–H and O–H groups in total. The minimum Gasteiger partial charge on any atom is -0.318 e. The van der Waals surface area contributed by atoms with Crippen LogP contribution < -0.4 is 0 Å². The molecule has 1 aromatic carbocycles. The Morgan fingerprint density at radius 2 is 1.65 bits per heavy atom. The quantitative estimate of drug-likeness (QED) is 0.427. The molecule has 0 heterocycles. The second-order valence-corrected chi connectivity index (χ2v) is 9.08. The molecule has 1 saturated carbocycles. The number of carbonyl (C=O) groups is 1. The van der Waals surface area contributed by atoms with Crippen LogP contribution in [0.2, 0.25) is 0 Å². The second-order valence-electron chi connectivity index (χ2n) is 7.28. The molecule has 1 aliphatic carbocycles. The number of unbranched alkanes of at least 4 members (excludes halogenated alkanes) is 2. The van der Waals surface area contributed by atoms with Gasteiger partial charge in [-0.3, -0.25) is 4.79 Å². The first-order valence-electron chi connectivity index (χ1n) is 9.14. The topological polar surface area (TPSA) is 34.1 Å². The first-order chi connectivity index (χ1) is 11.0. The van der Waals surface area contributed by atoms with E-state index in [1.54, 1.807) is 0 Å². The van der Waals surface area contributed by atoms with Gasteiger partial charge in [0.2, 0.25) is 5.52 Å². The molecule has 1 atom stereocenters. The Balaban J connectivity index is 1.78. The summed E-state index contributed by atoms with van der Waals surface area (Å²) in [6, 6.07) is 4.02. The molecule has 3 heteroatoms. The minimum absolute atomic E-state index is 0.110. The summed E-state index contributed by atoms with van der Waals surface area (Å²) in [5.41, 5.74) is 3.67. The first kappa shape index (κ1) is 18.5. The second kappa shape index (κ2) is 8.83. The molecule has 128 valence electrons. The number of hydrogen-bond acceptors (Lipinski definition) is 2. The summed E-state index contributed by atoms with van der Waals surface area (Å²) >= 11 is 0. The summed E-state index contributed by atoms with van der Waals surface area (Å²) in [7, 11) is -2.16. The van der Waals surface area contributed by atoms with E-state index in [2.05, 4.69) is 0 Å². The van der Waals surface area contributed by atoms with Crippen LogP contribution in [-0.2, 0) is 4.57 Å². The summed E-state index contributed by atoms with van der Waals surface area (Å²) in [6.45, 7) is 5.93. The summed E-state index contributed by atoms with van der Waals surface area (Å²) in [4.78, 5) is 12.5. The van der Waals surface area contributed by atoms with Gasteiger partial charge < -0.3 is 4.57 Å². The molecule has 0 radical (unpaired) electrons. The summed E-state index contributed by atoms with van der Waals surface area (Å²) in [5, 5.41) is 0. The highest BCUT2D eigenvalue weighted by molar-refractivity contribution is 7.64. The molecule has 1 aromatic rings. The molecular weight excluding hydrogens is 303 g/mol. The lowest BCUT2D eigenvalue weighted by molar-refractivity contribution is 0.107. The Hall–Kier alpha value is -0.880. The average Bonchev–Trinajstić information content (AvgIpc) is 2.98. The standard InChI is InChI=1S/C20H31O2P/c1-15-13-16(2)19(17(3)14-15)20(21)23(22)12-8-4-5-9-18-10-6-7-11-18/h13-14,18,23H,4-12H2,1-3H3. The Bertz CT molecular complexity index is 548. The predicted octanol–water partition coefficient (Wildman–Crippen LogP) is 6.06. The fourth-order valence-corrected chi connectivity index (χ4v) is 5.46. The van der Waals surface area contributed by atoms with Gasteiger partial charge in [-0.25, -0.2) is 0 Å². The van der Waals surface area contributed by atoms with Gasteiger partial charge >= 0.3 is 0 Å². The van der Waals surface area contributed by atoms with Gasteiger partial charge in [0, 0.05) is 11.7 Å². The molecule has 0 spiro atoms. The molecule has 1 unspecified atom stereocenters. The summed E-state index contributed by atoms with van der Waals surface area (Å²) in [5.74, 6) is 0.937. The summed E-state index contributed by atoms with van der Waals surface area (Å²) in [6.07, 6.45) is 10.8. The van der Waals surface area contributed by atoms with Crippen molar-refractivity contribution in [1.82, 2.24) is 0 Å². The van der Waals surface area contributed by atoms with Gasteiger partial charge in [0.25, 0.3) is 0 Å². The van der Waals surface area contributed by atoms with Gasteiger partial charge in [0.15, 0.2) is 0 Å². The highest BCUT2D eigenvalue weighted by Gasteiger charge is 2.19. The van der Waals surface area contributed by atoms with Crippen molar-refractivity contribution >= 4 is 13.3 Å². The molecule has 23 heavy (non-hydrogen) atoms. The van der Waals surface area contributed by atoms with Gasteiger partial charge in [-0.1, -0.05) is 62.6 Å². The molecule has 1 aliphatic rings. The van der Waals surface area contributed by atoms with Crippen LogP contribution in [0.15, 0.2) is 12.1 Å². The van der Waals surface area contributed by atoms with E-state index in [9.17, 15) is 9.36 Å². The fraction of sp³-hybridized carbons (Fsp3) is 0.650. The van der Waals surface area contributed by atoms with E-state index in [1.165, 1.54) is 38.5 Å². The molecular formula is C20H31O2P. The van der Waals surface area contributed by atoms with Crippen molar-refractivity contribution in [3.63, 3.8) is 0 Å². The smallest absolute Gasteiger partial charge is 0.219 e. The van der Waals surface area contributed by atoms with E-state index in [1.807, 2.05) is 32.9 Å². The van der Waals surface area contributed by atoms with E-state index >= 15 is 0 Å². The molecule has 1 fully saturated rings. The van der Waals surface area contributed by atoms with Crippen LogP contribution in [-0.4, -0.2) is 11.7 Å². The van der Waals surface area contributed by atoms with Gasteiger partial charge in [0.1, 0.15) is 7.80 Å². The lowest BCUT2D eigenvalue weighted by atomic mass is 10.0. The highest BCUT2D eigenvalue weighted by Crippen LogP contribution is 2.33. The van der Waals surface area contributed by atoms with E-state index in [0.29, 0.717) is 11.7 Å². The lowest BCUT2D eigenvalue weighted by Gasteiger charge is -2.11. The normalized spacial score (nSPS) is 16.7. The van der Waals surface area contributed by atoms with Crippen molar-refractivity contribution in [3.05, 3.63) is 34.4 Å². The third kappa shape index (κ3) is 5.31. The number of hydrogen-bond donors (Lipinski definition) is 0. The highest BCUT2D eigenvalue weighted by atomic mass is 31.1. The molecule has 0 amide bonds. The van der Waals surface area contributed by atoms with Crippen LogP contribution in [0.1, 0.15) is 78.4 Å². The number of benzene rings is 1. The van der Waals surface area contributed by atoms with E-state index in [-0.39, 0.29) is 5.52 Å². The van der Waals surface area contributed by atoms with Crippen LogP contribution in [0.4, 0.5) is 0 Å². The number of carbonyl (C=O) groups excluding carboxylic acids is 1. The van der Waals surface area contributed by atoms with Gasteiger partial charge in [-0.2, -0.15) is 0 Å². The van der Waals surface area contributed by atoms with Crippen molar-refractivity contribution in [2.45, 2.75) is 72.1 Å². The minimum atomic E-state index is -2.16. The Morgan fingerprint density at radius 1 is 1.04 bits per heavy atom. The van der Waals surface area contributed by atoms with Crippen molar-refractivity contribution in [2.75, 3.05) is 6.16 Å². The number of rotatable bonds is 8. The first-order valence-corrected chi connectivity index (χ1v) is 10.8. The monoisotopic (exact) mass is 334 g/mol. The zero-order valence-electron chi connectivity index (χ0n) is 14.9. The Morgan fingerprint density at radius 3 is 2.26 bits per heavy atom. The SMILES string of the molecule is Cc1cc(C)c(C(=O)[PH](=O)CCCCCC2CCCC2)c(C)c1. The van der Waals surface area contributed by atoms with Gasteiger partial charge in [-0.05, 0) is 44.2 Å². The molecule has 0 aromatic heterocycles. The Kier molecular flexibility index (Phi) is 7.09. The fourth-order valence-electron chi connectivity index (χ4n) is 3.99. The van der Waals surface area contributed by atoms with Crippen LogP contribution in [0, 0.1) is 26.7 Å². The van der Waals surface area contributed by atoms with E-state index < -0.39 is 7.80 Å². The average molecular weight is 334 g/mol. The third-order valence-corrected chi connectivity index (χ3v) is 6.71. The maximum atomic E-state index is 12.5. The number of aryl methyl sites for hydroxylation is 3. The van der Waals surface area contributed by atoms with Crippen LogP contribution in [0.25, 0.3) is 0 Å². The molecule has 0 aliphatic heterocycles. The van der Waals surface area contributed by atoms with Gasteiger partial charge in [-0.15, -0.1) is 0 Å². The maximum absolute atomic E-state index is 12.5. The van der Waals surface area contributed by atoms with E-state index in [4.69, 9.17) is 0 Å². The van der Waals surface area contributed by atoms with Crippen molar-refractivity contribution in [1.29, 1.82) is 0 Å². The summed E-state index contributed by atoms with van der Waals surface area (Å²) < 4.78 is 12.4. The zero-order chi connectivity index (χ0) is 16.8.